The first-order valence-electron chi connectivity index (χ1n) is 4.83. The van der Waals surface area contributed by atoms with Crippen LogP contribution in [0, 0.1) is 5.92 Å². The van der Waals surface area contributed by atoms with E-state index in [0.717, 1.165) is 12.3 Å². The predicted octanol–water partition coefficient (Wildman–Crippen LogP) is 0.392. The Hall–Kier alpha value is -0.570. The number of rotatable bonds is 1. The van der Waals surface area contributed by atoms with Crippen molar-refractivity contribution >= 4 is 5.91 Å². The van der Waals surface area contributed by atoms with Gasteiger partial charge >= 0.3 is 0 Å². The Balaban J connectivity index is 1.98. The van der Waals surface area contributed by atoms with Gasteiger partial charge in [0.15, 0.2) is 0 Å². The molecule has 1 amide bonds. The molecular weight excluding hydrogens is 152 g/mol. The van der Waals surface area contributed by atoms with E-state index in [0.29, 0.717) is 6.04 Å². The number of hydrogen-bond acceptors (Lipinski definition) is 2. The number of hydrogen-bond donors (Lipinski definition) is 2. The van der Waals surface area contributed by atoms with Gasteiger partial charge in [0.05, 0.1) is 6.04 Å². The molecule has 3 atom stereocenters. The van der Waals surface area contributed by atoms with Crippen LogP contribution in [0.4, 0.5) is 0 Å². The Morgan fingerprint density at radius 2 is 2.08 bits per heavy atom. The zero-order valence-electron chi connectivity index (χ0n) is 7.25. The van der Waals surface area contributed by atoms with Crippen molar-refractivity contribution in [2.75, 3.05) is 0 Å². The van der Waals surface area contributed by atoms with Crippen LogP contribution in [0.15, 0.2) is 0 Å². The second-order valence-corrected chi connectivity index (χ2v) is 4.01. The van der Waals surface area contributed by atoms with Crippen molar-refractivity contribution in [1.29, 1.82) is 0 Å². The van der Waals surface area contributed by atoms with E-state index in [9.17, 15) is 4.79 Å². The molecule has 3 heteroatoms. The molecule has 1 heterocycles. The largest absolute Gasteiger partial charge is 0.368 e. The average molecular weight is 168 g/mol. The third-order valence-corrected chi connectivity index (χ3v) is 3.21. The maximum Gasteiger partial charge on any atom is 0.234 e. The predicted molar refractivity (Wildman–Crippen MR) is 46.5 cm³/mol. The first-order chi connectivity index (χ1) is 5.77. The van der Waals surface area contributed by atoms with Gasteiger partial charge in [-0.1, -0.05) is 12.8 Å². The fourth-order valence-corrected chi connectivity index (χ4v) is 2.54. The molecule has 0 spiro atoms. The van der Waals surface area contributed by atoms with E-state index in [4.69, 9.17) is 5.73 Å². The summed E-state index contributed by atoms with van der Waals surface area (Å²) in [4.78, 5) is 10.9. The first kappa shape index (κ1) is 8.05. The van der Waals surface area contributed by atoms with Crippen molar-refractivity contribution < 1.29 is 4.79 Å². The van der Waals surface area contributed by atoms with Gasteiger partial charge < -0.3 is 11.1 Å². The Labute approximate surface area is 72.7 Å². The maximum atomic E-state index is 10.9. The van der Waals surface area contributed by atoms with Gasteiger partial charge in [0, 0.05) is 6.04 Å². The SMILES string of the molecule is NC(=O)[C@H]1C[C@H]2CCCC[C@@H]2N1. The molecule has 1 aliphatic heterocycles. The van der Waals surface area contributed by atoms with Gasteiger partial charge in [0.2, 0.25) is 5.91 Å². The molecule has 1 aliphatic carbocycles. The van der Waals surface area contributed by atoms with Crippen LogP contribution in [0.1, 0.15) is 32.1 Å². The monoisotopic (exact) mass is 168 g/mol. The molecule has 0 aromatic rings. The Morgan fingerprint density at radius 3 is 2.75 bits per heavy atom. The highest BCUT2D eigenvalue weighted by Gasteiger charge is 2.37. The summed E-state index contributed by atoms with van der Waals surface area (Å²) in [6, 6.07) is 0.536. The standard InChI is InChI=1S/C9H16N2O/c10-9(12)8-5-6-3-1-2-4-7(6)11-8/h6-8,11H,1-5H2,(H2,10,12)/t6-,7+,8-/m1/s1. The number of amides is 1. The quantitative estimate of drug-likeness (QED) is 0.595. The van der Waals surface area contributed by atoms with E-state index in [1.165, 1.54) is 25.7 Å². The highest BCUT2D eigenvalue weighted by molar-refractivity contribution is 5.80. The van der Waals surface area contributed by atoms with Gasteiger partial charge in [-0.05, 0) is 25.2 Å². The highest BCUT2D eigenvalue weighted by atomic mass is 16.1. The van der Waals surface area contributed by atoms with Gasteiger partial charge in [-0.3, -0.25) is 4.79 Å². The summed E-state index contributed by atoms with van der Waals surface area (Å²) in [6.45, 7) is 0. The number of carbonyl (C=O) groups excluding carboxylic acids is 1. The minimum atomic E-state index is -0.176. The Morgan fingerprint density at radius 1 is 1.33 bits per heavy atom. The zero-order valence-corrected chi connectivity index (χ0v) is 7.25. The van der Waals surface area contributed by atoms with Crippen molar-refractivity contribution in [3.63, 3.8) is 0 Å². The normalized spacial score (nSPS) is 40.8. The van der Waals surface area contributed by atoms with E-state index in [-0.39, 0.29) is 11.9 Å². The number of primary amides is 1. The van der Waals surface area contributed by atoms with Crippen molar-refractivity contribution in [3.05, 3.63) is 0 Å². The zero-order chi connectivity index (χ0) is 8.55. The second-order valence-electron chi connectivity index (χ2n) is 4.01. The van der Waals surface area contributed by atoms with E-state index in [2.05, 4.69) is 5.32 Å². The van der Waals surface area contributed by atoms with E-state index >= 15 is 0 Å². The Bertz CT molecular complexity index is 179. The molecule has 1 saturated heterocycles. The minimum absolute atomic E-state index is 0.0434. The molecule has 0 radical (unpaired) electrons. The van der Waals surface area contributed by atoms with Gasteiger partial charge in [-0.25, -0.2) is 0 Å². The molecule has 3 N–H and O–H groups in total. The molecule has 2 fully saturated rings. The minimum Gasteiger partial charge on any atom is -0.368 e. The van der Waals surface area contributed by atoms with Crippen LogP contribution in [0.3, 0.4) is 0 Å². The third-order valence-electron chi connectivity index (χ3n) is 3.21. The molecule has 2 aliphatic rings. The van der Waals surface area contributed by atoms with Crippen LogP contribution >= 0.6 is 0 Å². The summed E-state index contributed by atoms with van der Waals surface area (Å²) in [7, 11) is 0. The van der Waals surface area contributed by atoms with Crippen molar-refractivity contribution in [1.82, 2.24) is 5.32 Å². The van der Waals surface area contributed by atoms with E-state index < -0.39 is 0 Å². The van der Waals surface area contributed by atoms with E-state index in [1.807, 2.05) is 0 Å². The summed E-state index contributed by atoms with van der Waals surface area (Å²) >= 11 is 0. The van der Waals surface area contributed by atoms with Crippen LogP contribution in [-0.2, 0) is 4.79 Å². The highest BCUT2D eigenvalue weighted by Crippen LogP contribution is 2.32. The van der Waals surface area contributed by atoms with Crippen LogP contribution in [0.25, 0.3) is 0 Å². The maximum absolute atomic E-state index is 10.9. The van der Waals surface area contributed by atoms with E-state index in [1.54, 1.807) is 0 Å². The molecule has 0 aromatic heterocycles. The fourth-order valence-electron chi connectivity index (χ4n) is 2.54. The molecule has 2 rings (SSSR count). The molecule has 1 saturated carbocycles. The van der Waals surface area contributed by atoms with Crippen molar-refractivity contribution in [3.8, 4) is 0 Å². The number of nitrogens with one attached hydrogen (secondary N) is 1. The van der Waals surface area contributed by atoms with Crippen LogP contribution in [0.2, 0.25) is 0 Å². The first-order valence-corrected chi connectivity index (χ1v) is 4.83. The number of carbonyl (C=O) groups is 1. The number of nitrogens with two attached hydrogens (primary N) is 1. The lowest BCUT2D eigenvalue weighted by molar-refractivity contribution is -0.119. The molecule has 12 heavy (non-hydrogen) atoms. The summed E-state index contributed by atoms with van der Waals surface area (Å²) in [5, 5.41) is 3.32. The average Bonchev–Trinajstić information content (AvgIpc) is 2.46. The lowest BCUT2D eigenvalue weighted by Crippen LogP contribution is -2.40. The second kappa shape index (κ2) is 3.05. The van der Waals surface area contributed by atoms with Crippen molar-refractivity contribution in [2.45, 2.75) is 44.2 Å². The summed E-state index contributed by atoms with van der Waals surface area (Å²) in [5.41, 5.74) is 5.25. The summed E-state index contributed by atoms with van der Waals surface area (Å²) in [5.74, 6) is 0.542. The molecule has 68 valence electrons. The van der Waals surface area contributed by atoms with Crippen LogP contribution in [-0.4, -0.2) is 18.0 Å². The van der Waals surface area contributed by atoms with Crippen molar-refractivity contribution in [2.24, 2.45) is 11.7 Å². The summed E-state index contributed by atoms with van der Waals surface area (Å²) in [6.07, 6.45) is 6.11. The van der Waals surface area contributed by atoms with Gasteiger partial charge in [0.25, 0.3) is 0 Å². The lowest BCUT2D eigenvalue weighted by Gasteiger charge is -2.24. The molecule has 0 bridgehead atoms. The van der Waals surface area contributed by atoms with Gasteiger partial charge in [-0.2, -0.15) is 0 Å². The fraction of sp³-hybridized carbons (Fsp3) is 0.889. The molecule has 3 nitrogen and oxygen atoms in total. The topological polar surface area (TPSA) is 55.1 Å². The van der Waals surface area contributed by atoms with Gasteiger partial charge in [-0.15, -0.1) is 0 Å². The molecule has 0 unspecified atom stereocenters. The van der Waals surface area contributed by atoms with Gasteiger partial charge in [0.1, 0.15) is 0 Å². The summed E-state index contributed by atoms with van der Waals surface area (Å²) < 4.78 is 0. The molecule has 0 aromatic carbocycles. The Kier molecular flexibility index (Phi) is 2.05. The van der Waals surface area contributed by atoms with Crippen LogP contribution < -0.4 is 11.1 Å². The lowest BCUT2D eigenvalue weighted by atomic mass is 9.85. The van der Waals surface area contributed by atoms with Crippen LogP contribution in [0.5, 0.6) is 0 Å². The smallest absolute Gasteiger partial charge is 0.234 e. The third kappa shape index (κ3) is 1.33. The molecular formula is C9H16N2O. The number of fused-ring (bicyclic) bond motifs is 1.